The van der Waals surface area contributed by atoms with E-state index >= 15 is 0 Å². The number of hydrogen-bond donors (Lipinski definition) is 1. The van der Waals surface area contributed by atoms with E-state index in [0.717, 1.165) is 0 Å². The number of carbonyl (C=O) groups excluding carboxylic acids is 2. The molecule has 0 saturated carbocycles. The molecule has 0 unspecified atom stereocenters. The highest BCUT2D eigenvalue weighted by molar-refractivity contribution is 7.89. The zero-order chi connectivity index (χ0) is 17.7. The van der Waals surface area contributed by atoms with Crippen molar-refractivity contribution in [2.75, 3.05) is 19.6 Å². The number of aryl methyl sites for hydroxylation is 2. The highest BCUT2D eigenvalue weighted by Crippen LogP contribution is 2.33. The number of nitrogens with zero attached hydrogens (tertiary/aromatic N) is 3. The Bertz CT molecular complexity index is 773. The van der Waals surface area contributed by atoms with Crippen LogP contribution in [-0.4, -0.2) is 59.9 Å². The lowest BCUT2D eigenvalue weighted by molar-refractivity contribution is -0.132. The number of amides is 3. The third kappa shape index (κ3) is 2.32. The number of carbonyl (C=O) groups is 2. The zero-order valence-corrected chi connectivity index (χ0v) is 14.6. The van der Waals surface area contributed by atoms with Gasteiger partial charge in [-0.25, -0.2) is 13.2 Å². The molecule has 9 nitrogen and oxygen atoms in total. The summed E-state index contributed by atoms with van der Waals surface area (Å²) in [6, 6.07) is -0.412. The van der Waals surface area contributed by atoms with E-state index in [9.17, 15) is 18.0 Å². The van der Waals surface area contributed by atoms with Gasteiger partial charge < -0.3 is 9.84 Å². The molecule has 3 rings (SSSR count). The maximum absolute atomic E-state index is 12.8. The van der Waals surface area contributed by atoms with E-state index in [1.807, 2.05) is 0 Å². The molecule has 10 heteroatoms. The molecule has 2 saturated heterocycles. The summed E-state index contributed by atoms with van der Waals surface area (Å²) >= 11 is 0. The van der Waals surface area contributed by atoms with Gasteiger partial charge in [-0.05, 0) is 33.6 Å². The van der Waals surface area contributed by atoms with Crippen molar-refractivity contribution in [1.82, 2.24) is 19.7 Å². The van der Waals surface area contributed by atoms with Gasteiger partial charge in [-0.3, -0.25) is 9.69 Å². The number of hydrogen-bond acceptors (Lipinski definition) is 6. The Balaban J connectivity index is 1.81. The third-order valence-electron chi connectivity index (χ3n) is 4.70. The van der Waals surface area contributed by atoms with Gasteiger partial charge in [0.1, 0.15) is 16.1 Å². The fourth-order valence-electron chi connectivity index (χ4n) is 3.38. The number of piperidine rings is 1. The lowest BCUT2D eigenvalue weighted by atomic mass is 9.88. The van der Waals surface area contributed by atoms with Crippen LogP contribution in [0.15, 0.2) is 9.42 Å². The van der Waals surface area contributed by atoms with E-state index in [2.05, 4.69) is 10.5 Å². The summed E-state index contributed by atoms with van der Waals surface area (Å²) in [5.41, 5.74) is -0.673. The molecule has 0 radical (unpaired) electrons. The first-order chi connectivity index (χ1) is 11.2. The van der Waals surface area contributed by atoms with E-state index in [1.165, 1.54) is 9.21 Å². The predicted octanol–water partition coefficient (Wildman–Crippen LogP) is 0.386. The maximum Gasteiger partial charge on any atom is 0.325 e. The van der Waals surface area contributed by atoms with Crippen molar-refractivity contribution in [3.8, 4) is 0 Å². The summed E-state index contributed by atoms with van der Waals surface area (Å²) in [6.45, 7) is 5.46. The number of likely N-dealkylation sites (N-methyl/N-ethyl adjacent to an activating group) is 1. The van der Waals surface area contributed by atoms with Gasteiger partial charge >= 0.3 is 6.03 Å². The van der Waals surface area contributed by atoms with E-state index in [1.54, 1.807) is 20.8 Å². The number of rotatable bonds is 3. The monoisotopic (exact) mass is 356 g/mol. The molecule has 3 heterocycles. The van der Waals surface area contributed by atoms with Gasteiger partial charge in [0, 0.05) is 19.6 Å². The van der Waals surface area contributed by atoms with Crippen molar-refractivity contribution in [3.63, 3.8) is 0 Å². The Morgan fingerprint density at radius 1 is 1.25 bits per heavy atom. The van der Waals surface area contributed by atoms with Crippen LogP contribution in [0.2, 0.25) is 0 Å². The lowest BCUT2D eigenvalue weighted by Crippen LogP contribution is -2.55. The molecule has 2 fully saturated rings. The first-order valence-electron chi connectivity index (χ1n) is 7.80. The van der Waals surface area contributed by atoms with Crippen molar-refractivity contribution < 1.29 is 22.5 Å². The summed E-state index contributed by atoms with van der Waals surface area (Å²) in [5.74, 6) is -0.0282. The van der Waals surface area contributed by atoms with Crippen molar-refractivity contribution in [3.05, 3.63) is 11.5 Å². The second-order valence-electron chi connectivity index (χ2n) is 6.12. The number of aromatic nitrogens is 1. The minimum atomic E-state index is -3.74. The standard InChI is InChI=1S/C14H20N4O5S/c1-4-18-12(19)14(15-13(18)20)5-7-17(8-6-14)24(21,22)11-9(2)16-23-10(11)3/h4-8H2,1-3H3,(H,15,20). The molecule has 0 atom stereocenters. The molecule has 0 aliphatic carbocycles. The summed E-state index contributed by atoms with van der Waals surface area (Å²) in [6.07, 6.45) is 0.493. The van der Waals surface area contributed by atoms with Crippen LogP contribution in [0.1, 0.15) is 31.2 Å². The van der Waals surface area contributed by atoms with Gasteiger partial charge in [0.15, 0.2) is 5.76 Å². The van der Waals surface area contributed by atoms with E-state index < -0.39 is 21.6 Å². The molecule has 132 valence electrons. The first kappa shape index (κ1) is 16.9. The second kappa shape index (κ2) is 5.55. The van der Waals surface area contributed by atoms with Crippen LogP contribution in [0.3, 0.4) is 0 Å². The molecule has 2 aliphatic heterocycles. The maximum atomic E-state index is 12.8. The Kier molecular flexibility index (Phi) is 3.91. The van der Waals surface area contributed by atoms with Gasteiger partial charge in [-0.1, -0.05) is 5.16 Å². The molecule has 24 heavy (non-hydrogen) atoms. The van der Waals surface area contributed by atoms with Crippen molar-refractivity contribution in [2.24, 2.45) is 0 Å². The summed E-state index contributed by atoms with van der Waals surface area (Å²) in [5, 5.41) is 6.43. The normalized spacial score (nSPS) is 21.5. The molecule has 1 aromatic heterocycles. The quantitative estimate of drug-likeness (QED) is 0.784. The third-order valence-corrected chi connectivity index (χ3v) is 6.85. The SMILES string of the molecule is CCN1C(=O)NC2(CCN(S(=O)(=O)c3c(C)noc3C)CC2)C1=O. The summed E-state index contributed by atoms with van der Waals surface area (Å²) in [4.78, 5) is 25.6. The van der Waals surface area contributed by atoms with Gasteiger partial charge in [-0.15, -0.1) is 0 Å². The summed E-state index contributed by atoms with van der Waals surface area (Å²) < 4.78 is 31.9. The molecular weight excluding hydrogens is 336 g/mol. The molecule has 0 bridgehead atoms. The molecular formula is C14H20N4O5S. The van der Waals surface area contributed by atoms with E-state index in [-0.39, 0.29) is 42.5 Å². The largest absolute Gasteiger partial charge is 0.360 e. The van der Waals surface area contributed by atoms with E-state index in [4.69, 9.17) is 4.52 Å². The Morgan fingerprint density at radius 3 is 2.33 bits per heavy atom. The Hall–Kier alpha value is -1.94. The highest BCUT2D eigenvalue weighted by atomic mass is 32.2. The number of imide groups is 1. The smallest absolute Gasteiger partial charge is 0.325 e. The first-order valence-corrected chi connectivity index (χ1v) is 9.24. The van der Waals surface area contributed by atoms with E-state index in [0.29, 0.717) is 12.2 Å². The van der Waals surface area contributed by atoms with Crippen LogP contribution in [0.25, 0.3) is 0 Å². The zero-order valence-electron chi connectivity index (χ0n) is 13.8. The Morgan fingerprint density at radius 2 is 1.88 bits per heavy atom. The summed E-state index contributed by atoms with van der Waals surface area (Å²) in [7, 11) is -3.74. The second-order valence-corrected chi connectivity index (χ2v) is 7.99. The van der Waals surface area contributed by atoms with Gasteiger partial charge in [0.25, 0.3) is 5.91 Å². The average Bonchev–Trinajstić information content (AvgIpc) is 2.97. The molecule has 1 aromatic rings. The number of nitrogens with one attached hydrogen (secondary N) is 1. The highest BCUT2D eigenvalue weighted by Gasteiger charge is 2.53. The van der Waals surface area contributed by atoms with Crippen LogP contribution < -0.4 is 5.32 Å². The average molecular weight is 356 g/mol. The fraction of sp³-hybridized carbons (Fsp3) is 0.643. The number of urea groups is 1. The molecule has 0 aromatic carbocycles. The lowest BCUT2D eigenvalue weighted by Gasteiger charge is -2.36. The van der Waals surface area contributed by atoms with Crippen molar-refractivity contribution >= 4 is 22.0 Å². The van der Waals surface area contributed by atoms with Crippen molar-refractivity contribution in [2.45, 2.75) is 44.0 Å². The van der Waals surface area contributed by atoms with Gasteiger partial charge in [0.2, 0.25) is 10.0 Å². The van der Waals surface area contributed by atoms with Crippen LogP contribution >= 0.6 is 0 Å². The fourth-order valence-corrected chi connectivity index (χ4v) is 5.12. The Labute approximate surface area is 140 Å². The van der Waals surface area contributed by atoms with Crippen LogP contribution in [0, 0.1) is 13.8 Å². The minimum absolute atomic E-state index is 0.0791. The molecule has 2 aliphatic rings. The van der Waals surface area contributed by atoms with Crippen LogP contribution in [0.4, 0.5) is 4.79 Å². The molecule has 1 N–H and O–H groups in total. The molecule has 1 spiro atoms. The van der Waals surface area contributed by atoms with Crippen molar-refractivity contribution in [1.29, 1.82) is 0 Å². The van der Waals surface area contributed by atoms with Gasteiger partial charge in [0.05, 0.1) is 0 Å². The predicted molar refractivity (Wildman–Crippen MR) is 82.6 cm³/mol. The van der Waals surface area contributed by atoms with Gasteiger partial charge in [-0.2, -0.15) is 4.31 Å². The van der Waals surface area contributed by atoms with Crippen LogP contribution in [0.5, 0.6) is 0 Å². The van der Waals surface area contributed by atoms with Crippen LogP contribution in [-0.2, 0) is 14.8 Å². The minimum Gasteiger partial charge on any atom is -0.360 e. The topological polar surface area (TPSA) is 113 Å². The molecule has 3 amide bonds. The number of sulfonamides is 1.